The summed E-state index contributed by atoms with van der Waals surface area (Å²) in [4.78, 5) is 33.2. The molecule has 0 amide bonds. The molecule has 6 N–H and O–H groups in total. The van der Waals surface area contributed by atoms with E-state index in [0.29, 0.717) is 11.4 Å². The Labute approximate surface area is 198 Å². The summed E-state index contributed by atoms with van der Waals surface area (Å²) in [5, 5.41) is 0. The molecule has 0 aliphatic heterocycles. The quantitative estimate of drug-likeness (QED) is 0.298. The average Bonchev–Trinajstić information content (AvgIpc) is 2.30. The van der Waals surface area contributed by atoms with Crippen LogP contribution in [0.25, 0.3) is 0 Å². The molecule has 28 heavy (non-hydrogen) atoms. The van der Waals surface area contributed by atoms with Crippen molar-refractivity contribution in [2.24, 2.45) is 0 Å². The molecule has 0 radical (unpaired) electrons. The van der Waals surface area contributed by atoms with E-state index < -0.39 is 18.4 Å². The molecule has 2 aromatic rings. The fourth-order valence-corrected chi connectivity index (χ4v) is 1.20. The van der Waals surface area contributed by atoms with Gasteiger partial charge in [0.15, 0.2) is 0 Å². The summed E-state index contributed by atoms with van der Waals surface area (Å²) >= 11 is 0. The number of halogens is 8. The van der Waals surface area contributed by atoms with E-state index in [1.807, 2.05) is 0 Å². The van der Waals surface area contributed by atoms with E-state index in [1.165, 1.54) is 12.1 Å². The van der Waals surface area contributed by atoms with Gasteiger partial charge in [0.05, 0.1) is 0 Å². The Morgan fingerprint density at radius 2 is 0.929 bits per heavy atom. The third-order valence-electron chi connectivity index (χ3n) is 1.78. The molecule has 0 aliphatic carbocycles. The van der Waals surface area contributed by atoms with Gasteiger partial charge < -0.3 is 11.5 Å². The number of aryl methyl sites for hydroxylation is 2. The van der Waals surface area contributed by atoms with Gasteiger partial charge in [-0.2, -0.15) is 0 Å². The summed E-state index contributed by atoms with van der Waals surface area (Å²) in [7, 11) is 34.8. The topological polar surface area (TPSA) is 144 Å². The fraction of sp³-hybridized carbons (Fsp3) is 0.200. The summed E-state index contributed by atoms with van der Waals surface area (Å²) < 4.78 is 0. The summed E-state index contributed by atoms with van der Waals surface area (Å²) in [5.74, 6) is 0.333. The zero-order chi connectivity index (χ0) is 22.7. The van der Waals surface area contributed by atoms with Gasteiger partial charge in [0.2, 0.25) is 11.9 Å². The summed E-state index contributed by atoms with van der Waals surface area (Å²) in [5.41, 5.74) is 11.2. The van der Waals surface area contributed by atoms with Crippen LogP contribution in [0.2, 0.25) is 0 Å². The van der Waals surface area contributed by atoms with Crippen molar-refractivity contribution in [2.45, 2.75) is 13.8 Å². The minimum atomic E-state index is -2.24. The predicted molar refractivity (Wildman–Crippen MR) is 115 cm³/mol. The number of aromatic amines is 2. The molecule has 0 fully saturated rings. The van der Waals surface area contributed by atoms with Crippen molar-refractivity contribution < 1.29 is 18.4 Å². The number of hydrogen-bond acceptors (Lipinski definition) is 6. The van der Waals surface area contributed by atoms with Gasteiger partial charge in [-0.1, -0.05) is 0 Å². The molecule has 174 valence electrons. The number of aromatic nitrogens is 4. The molecular formula is C10H14Cl8Cu2N6O2. The van der Waals surface area contributed by atoms with Gasteiger partial charge in [-0.25, -0.2) is 9.97 Å². The van der Waals surface area contributed by atoms with Crippen LogP contribution in [-0.4, -0.2) is 19.9 Å². The number of hydrogen-bond donors (Lipinski definition) is 4. The van der Waals surface area contributed by atoms with E-state index >= 15 is 0 Å². The molecule has 0 spiro atoms. The van der Waals surface area contributed by atoms with Crippen LogP contribution >= 0.6 is 80.8 Å². The monoisotopic (exact) mass is 656 g/mol. The molecule has 2 heterocycles. The minimum absolute atomic E-state index is 0.167. The second-order valence-corrected chi connectivity index (χ2v) is 22.7. The van der Waals surface area contributed by atoms with E-state index in [4.69, 9.17) is 92.3 Å². The van der Waals surface area contributed by atoms with Crippen molar-refractivity contribution in [1.82, 2.24) is 19.9 Å². The molecule has 0 aliphatic rings. The van der Waals surface area contributed by atoms with E-state index in [2.05, 4.69) is 19.9 Å². The number of nitrogens with one attached hydrogen (secondary N) is 2. The number of H-pyrrole nitrogens is 2. The third-order valence-corrected chi connectivity index (χ3v) is 1.78. The molecule has 18 heteroatoms. The molecule has 0 saturated carbocycles. The van der Waals surface area contributed by atoms with Gasteiger partial charge in [0.1, 0.15) is 0 Å². The second kappa shape index (κ2) is 14.7. The van der Waals surface area contributed by atoms with Gasteiger partial charge in [0.25, 0.3) is 11.1 Å². The molecule has 0 bridgehead atoms. The standard InChI is InChI=1S/2C5H7N3O.8ClH.2Cu/c2*1-3-2-4(9)8-5(6)7-3;;;;;;;;;;/h2*2H,1H3,(H3,6,7,8,9);8*1H;;/q;;;;;;;;;;2*+4/p-8. The average molecular weight is 661 g/mol. The van der Waals surface area contributed by atoms with Gasteiger partial charge in [-0.3, -0.25) is 19.6 Å². The number of nitrogens with two attached hydrogens (primary N) is 2. The Balaban J connectivity index is 0. The second-order valence-electron chi connectivity index (χ2n) is 4.06. The SMILES string of the molecule is Cc1cc(=O)[nH]c(N)n1.Cc1cc(=O)[nH]c(N)n1.[Cl][Cu]([Cl])([Cl])[Cl].[Cl][Cu]([Cl])([Cl])[Cl]. The molecule has 8 nitrogen and oxygen atoms in total. The van der Waals surface area contributed by atoms with Gasteiger partial charge in [0, 0.05) is 23.5 Å². The Morgan fingerprint density at radius 3 is 1.07 bits per heavy atom. The Bertz CT molecular complexity index is 710. The van der Waals surface area contributed by atoms with Gasteiger partial charge in [-0.05, 0) is 13.8 Å². The zero-order valence-electron chi connectivity index (χ0n) is 13.6. The van der Waals surface area contributed by atoms with Crippen LogP contribution < -0.4 is 22.6 Å². The summed E-state index contributed by atoms with van der Waals surface area (Å²) in [6.07, 6.45) is 0. The Kier molecular flexibility index (Phi) is 16.2. The van der Waals surface area contributed by atoms with Crippen molar-refractivity contribution >= 4 is 92.7 Å². The molecule has 0 aromatic carbocycles. The first-order valence-corrected chi connectivity index (χ1v) is 16.3. The zero-order valence-corrected chi connectivity index (χ0v) is 21.6. The molecular weight excluding hydrogens is 647 g/mol. The molecule has 2 aromatic heterocycles. The van der Waals surface area contributed by atoms with Crippen LogP contribution in [0.5, 0.6) is 0 Å². The predicted octanol–water partition coefficient (Wildman–Crippen LogP) is 4.83. The van der Waals surface area contributed by atoms with E-state index in [-0.39, 0.29) is 23.0 Å². The summed E-state index contributed by atoms with van der Waals surface area (Å²) in [6, 6.07) is 2.77. The first kappa shape index (κ1) is 30.9. The number of nitrogen functional groups attached to an aromatic ring is 2. The van der Waals surface area contributed by atoms with Gasteiger partial charge in [-0.15, -0.1) is 0 Å². The first-order chi connectivity index (χ1) is 12.4. The summed E-state index contributed by atoms with van der Waals surface area (Å²) in [6.45, 7) is 3.43. The van der Waals surface area contributed by atoms with Crippen molar-refractivity contribution in [1.29, 1.82) is 0 Å². The van der Waals surface area contributed by atoms with Crippen LogP contribution in [0.4, 0.5) is 11.9 Å². The maximum atomic E-state index is 10.5. The third kappa shape index (κ3) is 28.9. The molecule has 0 saturated heterocycles. The fourth-order valence-electron chi connectivity index (χ4n) is 1.20. The number of nitrogens with zero attached hydrogens (tertiary/aromatic N) is 2. The van der Waals surface area contributed by atoms with Crippen LogP contribution in [0.1, 0.15) is 11.4 Å². The normalized spacial score (nSPS) is 11.5. The molecule has 0 unspecified atom stereocenters. The molecule has 0 atom stereocenters. The van der Waals surface area contributed by atoms with Crippen molar-refractivity contribution in [2.75, 3.05) is 11.5 Å². The van der Waals surface area contributed by atoms with Crippen molar-refractivity contribution in [3.8, 4) is 0 Å². The maximum absolute atomic E-state index is 10.5. The van der Waals surface area contributed by atoms with E-state index in [1.54, 1.807) is 13.8 Å². The van der Waals surface area contributed by atoms with Crippen molar-refractivity contribution in [3.63, 3.8) is 0 Å². The number of rotatable bonds is 0. The Hall–Kier alpha value is 0.719. The van der Waals surface area contributed by atoms with Crippen LogP contribution in [0.15, 0.2) is 21.7 Å². The Morgan fingerprint density at radius 1 is 0.714 bits per heavy atom. The van der Waals surface area contributed by atoms with E-state index in [9.17, 15) is 9.59 Å². The number of anilines is 2. The van der Waals surface area contributed by atoms with Gasteiger partial charge >= 0.3 is 99.2 Å². The first-order valence-electron chi connectivity index (χ1n) is 5.95. The van der Waals surface area contributed by atoms with Crippen molar-refractivity contribution in [3.05, 3.63) is 44.2 Å². The molecule has 2 rings (SSSR count). The van der Waals surface area contributed by atoms with Crippen LogP contribution in [-0.2, 0) is 18.4 Å². The van der Waals surface area contributed by atoms with E-state index in [0.717, 1.165) is 0 Å². The van der Waals surface area contributed by atoms with Crippen LogP contribution in [0, 0.1) is 13.8 Å². The van der Waals surface area contributed by atoms with Crippen LogP contribution in [0.3, 0.4) is 0 Å².